The molecule has 3 rings (SSSR count). The maximum atomic E-state index is 13.4. The second-order valence-corrected chi connectivity index (χ2v) is 8.36. The lowest BCUT2D eigenvalue weighted by atomic mass is 9.78. The highest BCUT2D eigenvalue weighted by Crippen LogP contribution is 2.38. The second-order valence-electron chi connectivity index (χ2n) is 8.36. The molecule has 1 saturated carbocycles. The molecule has 4 heteroatoms. The number of benzene rings is 2. The molecule has 4 nitrogen and oxygen atoms in total. The van der Waals surface area contributed by atoms with Crippen molar-refractivity contribution in [1.82, 2.24) is 0 Å². The number of fused-ring (bicyclic) bond motifs is 1. The quantitative estimate of drug-likeness (QED) is 0.503. The molecule has 2 aromatic rings. The monoisotopic (exact) mass is 397 g/mol. The number of carbonyl (C=O) groups excluding carboxylic acids is 1. The molecule has 1 aliphatic carbocycles. The summed E-state index contributed by atoms with van der Waals surface area (Å²) in [6.07, 6.45) is 6.82. The fourth-order valence-electron chi connectivity index (χ4n) is 4.27. The van der Waals surface area contributed by atoms with E-state index in [-0.39, 0.29) is 5.91 Å². The van der Waals surface area contributed by atoms with Gasteiger partial charge in [-0.2, -0.15) is 0 Å². The summed E-state index contributed by atoms with van der Waals surface area (Å²) in [5.41, 5.74) is 0.108. The molecule has 0 heterocycles. The van der Waals surface area contributed by atoms with Gasteiger partial charge in [0.1, 0.15) is 11.4 Å². The Morgan fingerprint density at radius 1 is 1.10 bits per heavy atom. The lowest BCUT2D eigenvalue weighted by Crippen LogP contribution is -2.48. The van der Waals surface area contributed by atoms with Gasteiger partial charge in [-0.1, -0.05) is 57.9 Å². The minimum atomic E-state index is -0.717. The Morgan fingerprint density at radius 3 is 2.62 bits per heavy atom. The first-order chi connectivity index (χ1) is 14.1. The molecule has 2 aromatic carbocycles. The highest BCUT2D eigenvalue weighted by molar-refractivity contribution is 6.06. The van der Waals surface area contributed by atoms with Gasteiger partial charge in [0.25, 0.3) is 5.91 Å². The molecule has 0 bridgehead atoms. The van der Waals surface area contributed by atoms with Crippen molar-refractivity contribution >= 4 is 22.4 Å². The van der Waals surface area contributed by atoms with Crippen LogP contribution in [0.2, 0.25) is 0 Å². The number of ether oxygens (including phenoxy) is 2. The van der Waals surface area contributed by atoms with Gasteiger partial charge >= 0.3 is 0 Å². The summed E-state index contributed by atoms with van der Waals surface area (Å²) in [5, 5.41) is 5.23. The van der Waals surface area contributed by atoms with E-state index in [4.69, 9.17) is 9.47 Å². The minimum absolute atomic E-state index is 0.0118. The number of anilines is 1. The first-order valence-electron chi connectivity index (χ1n) is 11.2. The van der Waals surface area contributed by atoms with Gasteiger partial charge < -0.3 is 14.8 Å². The normalized spacial score (nSPS) is 21.8. The van der Waals surface area contributed by atoms with Crippen molar-refractivity contribution in [2.45, 2.75) is 71.3 Å². The van der Waals surface area contributed by atoms with Gasteiger partial charge in [-0.3, -0.25) is 4.79 Å². The van der Waals surface area contributed by atoms with Crippen LogP contribution in [-0.2, 0) is 9.53 Å². The van der Waals surface area contributed by atoms with E-state index >= 15 is 0 Å². The fourth-order valence-corrected chi connectivity index (χ4v) is 4.27. The zero-order valence-corrected chi connectivity index (χ0v) is 18.1. The van der Waals surface area contributed by atoms with E-state index in [1.165, 1.54) is 0 Å². The Bertz CT molecular complexity index is 819. The standard InChI is InChI=1S/C25H35NO3/c1-4-6-17-28-23-14-13-22(20-11-7-8-12-21(20)23)26-24(27)25(29-16-5-2)15-9-10-19(3)18-25/h7-8,11-14,19H,4-6,9-10,15-18H2,1-3H3,(H,26,27). The molecule has 2 atom stereocenters. The second kappa shape index (κ2) is 10.1. The SMILES string of the molecule is CCCCOc1ccc(NC(=O)C2(OCCC)CCCC(C)C2)c2ccccc12. The summed E-state index contributed by atoms with van der Waals surface area (Å²) >= 11 is 0. The van der Waals surface area contributed by atoms with Crippen LogP contribution in [0.25, 0.3) is 10.8 Å². The molecule has 0 aromatic heterocycles. The van der Waals surface area contributed by atoms with Gasteiger partial charge in [0.05, 0.1) is 6.61 Å². The zero-order chi connectivity index (χ0) is 20.7. The van der Waals surface area contributed by atoms with Crippen LogP contribution in [0.4, 0.5) is 5.69 Å². The predicted octanol–water partition coefficient (Wildman–Crippen LogP) is 6.33. The summed E-state index contributed by atoms with van der Waals surface area (Å²) in [6.45, 7) is 7.78. The Labute approximate surface area is 175 Å². The van der Waals surface area contributed by atoms with Crippen molar-refractivity contribution in [3.8, 4) is 5.75 Å². The maximum Gasteiger partial charge on any atom is 0.256 e. The number of hydrogen-bond acceptors (Lipinski definition) is 3. The Morgan fingerprint density at radius 2 is 1.90 bits per heavy atom. The number of rotatable bonds is 9. The van der Waals surface area contributed by atoms with E-state index in [2.05, 4.69) is 32.2 Å². The molecule has 2 unspecified atom stereocenters. The highest BCUT2D eigenvalue weighted by atomic mass is 16.5. The van der Waals surface area contributed by atoms with Crippen molar-refractivity contribution in [1.29, 1.82) is 0 Å². The molecule has 1 N–H and O–H groups in total. The molecular weight excluding hydrogens is 362 g/mol. The maximum absolute atomic E-state index is 13.4. The summed E-state index contributed by atoms with van der Waals surface area (Å²) in [5.74, 6) is 1.36. The fraction of sp³-hybridized carbons (Fsp3) is 0.560. The van der Waals surface area contributed by atoms with E-state index in [1.807, 2.05) is 30.3 Å². The first kappa shape index (κ1) is 21.6. The average molecular weight is 398 g/mol. The van der Waals surface area contributed by atoms with Crippen LogP contribution in [0.3, 0.4) is 0 Å². The van der Waals surface area contributed by atoms with Crippen LogP contribution in [0, 0.1) is 5.92 Å². The van der Waals surface area contributed by atoms with Crippen molar-refractivity contribution in [3.05, 3.63) is 36.4 Å². The average Bonchev–Trinajstić information content (AvgIpc) is 2.74. The highest BCUT2D eigenvalue weighted by Gasteiger charge is 2.42. The minimum Gasteiger partial charge on any atom is -0.493 e. The molecule has 0 aliphatic heterocycles. The Kier molecular flexibility index (Phi) is 7.54. The van der Waals surface area contributed by atoms with Crippen LogP contribution >= 0.6 is 0 Å². The summed E-state index contributed by atoms with van der Waals surface area (Å²) in [7, 11) is 0. The summed E-state index contributed by atoms with van der Waals surface area (Å²) < 4.78 is 12.2. The third-order valence-corrected chi connectivity index (χ3v) is 5.84. The smallest absolute Gasteiger partial charge is 0.256 e. The van der Waals surface area contributed by atoms with Crippen molar-refractivity contribution in [2.24, 2.45) is 5.92 Å². The molecular formula is C25H35NO3. The predicted molar refractivity (Wildman–Crippen MR) is 120 cm³/mol. The molecule has 158 valence electrons. The van der Waals surface area contributed by atoms with Crippen LogP contribution in [0.15, 0.2) is 36.4 Å². The number of amides is 1. The van der Waals surface area contributed by atoms with E-state index in [0.717, 1.165) is 67.2 Å². The van der Waals surface area contributed by atoms with Crippen LogP contribution in [0.1, 0.15) is 65.7 Å². The van der Waals surface area contributed by atoms with E-state index in [1.54, 1.807) is 0 Å². The number of hydrogen-bond donors (Lipinski definition) is 1. The number of carbonyl (C=O) groups is 1. The molecule has 0 radical (unpaired) electrons. The Balaban J connectivity index is 1.86. The van der Waals surface area contributed by atoms with E-state index in [9.17, 15) is 4.79 Å². The first-order valence-corrected chi connectivity index (χ1v) is 11.2. The van der Waals surface area contributed by atoms with Crippen LogP contribution < -0.4 is 10.1 Å². The van der Waals surface area contributed by atoms with Crippen molar-refractivity contribution in [3.63, 3.8) is 0 Å². The van der Waals surface area contributed by atoms with Crippen LogP contribution in [0.5, 0.6) is 5.75 Å². The lowest BCUT2D eigenvalue weighted by molar-refractivity contribution is -0.148. The molecule has 29 heavy (non-hydrogen) atoms. The van der Waals surface area contributed by atoms with E-state index in [0.29, 0.717) is 19.1 Å². The lowest BCUT2D eigenvalue weighted by Gasteiger charge is -2.38. The van der Waals surface area contributed by atoms with Crippen molar-refractivity contribution < 1.29 is 14.3 Å². The molecule has 1 amide bonds. The van der Waals surface area contributed by atoms with Gasteiger partial charge in [-0.25, -0.2) is 0 Å². The van der Waals surface area contributed by atoms with Gasteiger partial charge in [0, 0.05) is 23.1 Å². The van der Waals surface area contributed by atoms with Gasteiger partial charge in [-0.05, 0) is 50.2 Å². The van der Waals surface area contributed by atoms with Gasteiger partial charge in [-0.15, -0.1) is 0 Å². The largest absolute Gasteiger partial charge is 0.493 e. The van der Waals surface area contributed by atoms with Crippen LogP contribution in [-0.4, -0.2) is 24.7 Å². The summed E-state index contributed by atoms with van der Waals surface area (Å²) in [6, 6.07) is 12.0. The zero-order valence-electron chi connectivity index (χ0n) is 18.1. The van der Waals surface area contributed by atoms with Crippen molar-refractivity contribution in [2.75, 3.05) is 18.5 Å². The molecule has 1 aliphatic rings. The number of nitrogens with one attached hydrogen (secondary N) is 1. The molecule has 0 saturated heterocycles. The number of unbranched alkanes of at least 4 members (excludes halogenated alkanes) is 1. The Hall–Kier alpha value is -2.07. The molecule has 0 spiro atoms. The van der Waals surface area contributed by atoms with Gasteiger partial charge in [0.2, 0.25) is 0 Å². The topological polar surface area (TPSA) is 47.6 Å². The third-order valence-electron chi connectivity index (χ3n) is 5.84. The third kappa shape index (κ3) is 5.11. The van der Waals surface area contributed by atoms with Gasteiger partial charge in [0.15, 0.2) is 0 Å². The molecule has 1 fully saturated rings. The van der Waals surface area contributed by atoms with E-state index < -0.39 is 5.60 Å². The summed E-state index contributed by atoms with van der Waals surface area (Å²) in [4.78, 5) is 13.4.